The van der Waals surface area contributed by atoms with Gasteiger partial charge >= 0.3 is 14.1 Å². The van der Waals surface area contributed by atoms with E-state index in [1.807, 2.05) is 60.7 Å². The summed E-state index contributed by atoms with van der Waals surface area (Å²) in [5.41, 5.74) is 1.72. The summed E-state index contributed by atoms with van der Waals surface area (Å²) in [7, 11) is -2.55. The lowest BCUT2D eigenvalue weighted by Gasteiger charge is -2.09. The number of carbonyl (C=O) groups excluding carboxylic acids is 1. The molecule has 2 aromatic rings. The van der Waals surface area contributed by atoms with Crippen molar-refractivity contribution < 1.29 is 19.0 Å². The number of ether oxygens (including phenoxy) is 1. The summed E-state index contributed by atoms with van der Waals surface area (Å²) in [5, 5.41) is 2.44. The number of hydrogen-bond acceptors (Lipinski definition) is 3. The summed E-state index contributed by atoms with van der Waals surface area (Å²) in [4.78, 5) is 21.1. The van der Waals surface area contributed by atoms with Crippen LogP contribution in [-0.2, 0) is 22.3 Å². The number of nitrogens with one attached hydrogen (secondary N) is 1. The van der Waals surface area contributed by atoms with E-state index in [2.05, 4.69) is 5.32 Å². The zero-order valence-corrected chi connectivity index (χ0v) is 12.8. The Bertz CT molecular complexity index is 619. The van der Waals surface area contributed by atoms with E-state index in [9.17, 15) is 14.3 Å². The molecule has 0 aliphatic rings. The first-order chi connectivity index (χ1) is 10.6. The molecular formula is C16H17NO4P+. The van der Waals surface area contributed by atoms with Crippen molar-refractivity contribution in [3.05, 3.63) is 71.8 Å². The zero-order valence-electron chi connectivity index (χ0n) is 11.9. The van der Waals surface area contributed by atoms with Gasteiger partial charge in [-0.25, -0.2) is 4.79 Å². The van der Waals surface area contributed by atoms with Gasteiger partial charge in [0.15, 0.2) is 0 Å². The van der Waals surface area contributed by atoms with Crippen molar-refractivity contribution in [1.82, 2.24) is 5.32 Å². The standard InChI is InChI=1S/C16H16NO4P/c18-16(21-12-14-9-5-2-6-10-14)17-15(22(19)20)11-13-7-3-1-4-8-13/h1-10,15H,11-12H2,(H-,17,18,19,20)/p+1/t15-/m1/s1. The van der Waals surface area contributed by atoms with E-state index in [4.69, 9.17) is 4.74 Å². The molecule has 1 amide bonds. The molecule has 5 nitrogen and oxygen atoms in total. The van der Waals surface area contributed by atoms with E-state index in [-0.39, 0.29) is 13.0 Å². The van der Waals surface area contributed by atoms with Crippen LogP contribution in [-0.4, -0.2) is 16.8 Å². The third-order valence-corrected chi connectivity index (χ3v) is 3.88. The van der Waals surface area contributed by atoms with E-state index in [0.29, 0.717) is 0 Å². The van der Waals surface area contributed by atoms with Gasteiger partial charge in [0.25, 0.3) is 5.78 Å². The van der Waals surface area contributed by atoms with Crippen molar-refractivity contribution in [3.63, 3.8) is 0 Å². The van der Waals surface area contributed by atoms with Crippen LogP contribution in [0, 0.1) is 0 Å². The van der Waals surface area contributed by atoms with Gasteiger partial charge in [0.1, 0.15) is 6.61 Å². The molecule has 22 heavy (non-hydrogen) atoms. The highest BCUT2D eigenvalue weighted by Gasteiger charge is 2.31. The molecule has 2 atom stereocenters. The van der Waals surface area contributed by atoms with Gasteiger partial charge in [0.2, 0.25) is 0 Å². The molecule has 114 valence electrons. The first kappa shape index (κ1) is 16.1. The van der Waals surface area contributed by atoms with E-state index < -0.39 is 19.9 Å². The van der Waals surface area contributed by atoms with Crippen molar-refractivity contribution in [2.24, 2.45) is 0 Å². The maximum absolute atomic E-state index is 11.7. The first-order valence-electron chi connectivity index (χ1n) is 6.81. The van der Waals surface area contributed by atoms with Crippen molar-refractivity contribution in [2.75, 3.05) is 0 Å². The molecule has 0 heterocycles. The van der Waals surface area contributed by atoms with Crippen molar-refractivity contribution >= 4 is 14.1 Å². The van der Waals surface area contributed by atoms with Gasteiger partial charge in [-0.15, -0.1) is 0 Å². The van der Waals surface area contributed by atoms with Crippen LogP contribution in [0.1, 0.15) is 11.1 Å². The summed E-state index contributed by atoms with van der Waals surface area (Å²) in [5.74, 6) is -0.874. The second-order valence-electron chi connectivity index (χ2n) is 4.71. The molecule has 0 radical (unpaired) electrons. The Labute approximate surface area is 129 Å². The number of alkyl carbamates (subject to hydrolysis) is 1. The fourth-order valence-corrected chi connectivity index (χ4v) is 2.51. The van der Waals surface area contributed by atoms with Crippen molar-refractivity contribution in [3.8, 4) is 0 Å². The first-order valence-corrected chi connectivity index (χ1v) is 8.09. The molecule has 2 aromatic carbocycles. The lowest BCUT2D eigenvalue weighted by molar-refractivity contribution is 0.138. The largest absolute Gasteiger partial charge is 0.531 e. The molecule has 0 bridgehead atoms. The van der Waals surface area contributed by atoms with Crippen LogP contribution in [0.3, 0.4) is 0 Å². The van der Waals surface area contributed by atoms with Gasteiger partial charge in [-0.3, -0.25) is 5.32 Å². The smallest absolute Gasteiger partial charge is 0.445 e. The number of carbonyl (C=O) groups is 1. The van der Waals surface area contributed by atoms with Crippen LogP contribution in [0.5, 0.6) is 0 Å². The normalized spacial score (nSPS) is 12.3. The highest BCUT2D eigenvalue weighted by molar-refractivity contribution is 7.38. The van der Waals surface area contributed by atoms with Crippen LogP contribution in [0.15, 0.2) is 60.7 Å². The minimum absolute atomic E-state index is 0.118. The fraction of sp³-hybridized carbons (Fsp3) is 0.188. The van der Waals surface area contributed by atoms with Gasteiger partial charge in [-0.1, -0.05) is 60.7 Å². The van der Waals surface area contributed by atoms with E-state index in [1.54, 1.807) is 0 Å². The molecule has 0 saturated carbocycles. The summed E-state index contributed by atoms with van der Waals surface area (Å²) >= 11 is 0. The summed E-state index contributed by atoms with van der Waals surface area (Å²) in [6, 6.07) is 18.4. The molecule has 2 N–H and O–H groups in total. The Morgan fingerprint density at radius 3 is 2.14 bits per heavy atom. The lowest BCUT2D eigenvalue weighted by Crippen LogP contribution is -2.34. The molecule has 0 aromatic heterocycles. The second-order valence-corrected chi connectivity index (χ2v) is 5.94. The number of rotatable bonds is 6. The highest BCUT2D eigenvalue weighted by atomic mass is 31.1. The zero-order chi connectivity index (χ0) is 15.8. The quantitative estimate of drug-likeness (QED) is 0.802. The van der Waals surface area contributed by atoms with Crippen molar-refractivity contribution in [1.29, 1.82) is 0 Å². The summed E-state index contributed by atoms with van der Waals surface area (Å²) in [6.45, 7) is 0.118. The Balaban J connectivity index is 1.88. The second kappa shape index (κ2) is 8.27. The monoisotopic (exact) mass is 318 g/mol. The van der Waals surface area contributed by atoms with Crippen LogP contribution in [0.2, 0.25) is 0 Å². The Kier molecular flexibility index (Phi) is 6.07. The van der Waals surface area contributed by atoms with E-state index >= 15 is 0 Å². The predicted molar refractivity (Wildman–Crippen MR) is 83.5 cm³/mol. The molecule has 2 rings (SSSR count). The number of hydrogen-bond donors (Lipinski definition) is 2. The molecule has 0 spiro atoms. The maximum Gasteiger partial charge on any atom is 0.531 e. The van der Waals surface area contributed by atoms with Gasteiger partial charge in [-0.2, -0.15) is 4.89 Å². The van der Waals surface area contributed by atoms with E-state index in [0.717, 1.165) is 11.1 Å². The Morgan fingerprint density at radius 2 is 1.59 bits per heavy atom. The van der Waals surface area contributed by atoms with Gasteiger partial charge < -0.3 is 4.74 Å². The fourth-order valence-electron chi connectivity index (χ4n) is 1.92. The Morgan fingerprint density at radius 1 is 1.05 bits per heavy atom. The van der Waals surface area contributed by atoms with Crippen LogP contribution >= 0.6 is 8.03 Å². The molecule has 0 aliphatic heterocycles. The van der Waals surface area contributed by atoms with E-state index in [1.165, 1.54) is 0 Å². The lowest BCUT2D eigenvalue weighted by atomic mass is 10.1. The number of benzene rings is 2. The molecule has 0 saturated heterocycles. The van der Waals surface area contributed by atoms with Gasteiger partial charge in [0, 0.05) is 6.42 Å². The van der Waals surface area contributed by atoms with Gasteiger partial charge in [-0.05, 0) is 15.7 Å². The average molecular weight is 318 g/mol. The summed E-state index contributed by atoms with van der Waals surface area (Å²) < 4.78 is 16.4. The maximum atomic E-state index is 11.7. The highest BCUT2D eigenvalue weighted by Crippen LogP contribution is 2.23. The SMILES string of the molecule is O=C(N[C@@H](Cc1ccccc1)[P+](=O)O)OCc1ccccc1. The van der Waals surface area contributed by atoms with Crippen LogP contribution < -0.4 is 5.32 Å². The third-order valence-electron chi connectivity index (χ3n) is 3.04. The third kappa shape index (κ3) is 5.28. The van der Waals surface area contributed by atoms with Gasteiger partial charge in [0.05, 0.1) is 0 Å². The molecule has 0 aliphatic carbocycles. The number of amides is 1. The molecule has 1 unspecified atom stereocenters. The summed E-state index contributed by atoms with van der Waals surface area (Å²) in [6.07, 6.45) is -0.435. The topological polar surface area (TPSA) is 75.6 Å². The molecular weight excluding hydrogens is 301 g/mol. The van der Waals surface area contributed by atoms with Crippen molar-refractivity contribution in [2.45, 2.75) is 18.8 Å². The Hall–Kier alpha value is -2.23. The average Bonchev–Trinajstić information content (AvgIpc) is 2.54. The molecule has 6 heteroatoms. The minimum Gasteiger partial charge on any atom is -0.445 e. The van der Waals surface area contributed by atoms with Crippen LogP contribution in [0.4, 0.5) is 4.79 Å². The molecule has 0 fully saturated rings. The minimum atomic E-state index is -2.55. The predicted octanol–water partition coefficient (Wildman–Crippen LogP) is 3.22. The van der Waals surface area contributed by atoms with Crippen LogP contribution in [0.25, 0.3) is 0 Å².